The quantitative estimate of drug-likeness (QED) is 0.773. The Hall–Kier alpha value is -1.35. The van der Waals surface area contributed by atoms with E-state index in [0.29, 0.717) is 0 Å². The highest BCUT2D eigenvalue weighted by Crippen LogP contribution is 2.13. The molecule has 3 nitrogen and oxygen atoms in total. The molecule has 0 spiro atoms. The number of unbranched alkanes of at least 4 members (excludes halogenated alkanes) is 1. The van der Waals surface area contributed by atoms with Crippen LogP contribution in [0.2, 0.25) is 0 Å². The summed E-state index contributed by atoms with van der Waals surface area (Å²) in [7, 11) is 3.85. The SMILES string of the molecule is CCCCN(C)C(C)C(=O)N(C)c1ccccc1. The Kier molecular flexibility index (Phi) is 5.86. The summed E-state index contributed by atoms with van der Waals surface area (Å²) < 4.78 is 0. The lowest BCUT2D eigenvalue weighted by Crippen LogP contribution is -2.44. The van der Waals surface area contributed by atoms with Crippen molar-refractivity contribution in [2.45, 2.75) is 32.7 Å². The predicted octanol–water partition coefficient (Wildman–Crippen LogP) is 2.77. The molecule has 0 saturated heterocycles. The van der Waals surface area contributed by atoms with E-state index in [2.05, 4.69) is 11.8 Å². The van der Waals surface area contributed by atoms with E-state index < -0.39 is 0 Å². The molecule has 3 heteroatoms. The van der Waals surface area contributed by atoms with Gasteiger partial charge in [-0.25, -0.2) is 0 Å². The highest BCUT2D eigenvalue weighted by Gasteiger charge is 2.21. The van der Waals surface area contributed by atoms with Crippen molar-refractivity contribution in [3.63, 3.8) is 0 Å². The smallest absolute Gasteiger partial charge is 0.243 e. The predicted molar refractivity (Wildman–Crippen MR) is 76.9 cm³/mol. The summed E-state index contributed by atoms with van der Waals surface area (Å²) in [6.45, 7) is 5.10. The van der Waals surface area contributed by atoms with E-state index in [1.165, 1.54) is 0 Å². The van der Waals surface area contributed by atoms with Crippen molar-refractivity contribution >= 4 is 11.6 Å². The minimum absolute atomic E-state index is 0.0817. The standard InChI is InChI=1S/C15H24N2O/c1-5-6-12-16(3)13(2)15(18)17(4)14-10-8-7-9-11-14/h7-11,13H,5-6,12H2,1-4H3. The van der Waals surface area contributed by atoms with E-state index in [9.17, 15) is 4.79 Å². The Bertz CT molecular complexity index is 364. The molecule has 0 N–H and O–H groups in total. The van der Waals surface area contributed by atoms with Crippen LogP contribution < -0.4 is 4.90 Å². The van der Waals surface area contributed by atoms with Crippen LogP contribution in [-0.2, 0) is 4.79 Å². The molecule has 0 aliphatic heterocycles. The third-order valence-electron chi connectivity index (χ3n) is 3.36. The normalized spacial score (nSPS) is 12.5. The maximum Gasteiger partial charge on any atom is 0.243 e. The fraction of sp³-hybridized carbons (Fsp3) is 0.533. The second-order valence-corrected chi connectivity index (χ2v) is 4.74. The Balaban J connectivity index is 2.63. The molecule has 1 atom stereocenters. The number of anilines is 1. The highest BCUT2D eigenvalue weighted by atomic mass is 16.2. The van der Waals surface area contributed by atoms with Crippen LogP contribution in [0, 0.1) is 0 Å². The van der Waals surface area contributed by atoms with Gasteiger partial charge in [-0.1, -0.05) is 31.5 Å². The largest absolute Gasteiger partial charge is 0.314 e. The Morgan fingerprint density at radius 2 is 1.83 bits per heavy atom. The maximum atomic E-state index is 12.3. The topological polar surface area (TPSA) is 23.6 Å². The molecule has 0 fully saturated rings. The van der Waals surface area contributed by atoms with Crippen LogP contribution >= 0.6 is 0 Å². The number of hydrogen-bond donors (Lipinski definition) is 0. The van der Waals surface area contributed by atoms with E-state index in [0.717, 1.165) is 25.1 Å². The molecule has 0 aliphatic rings. The van der Waals surface area contributed by atoms with Gasteiger partial charge in [-0.05, 0) is 39.1 Å². The second-order valence-electron chi connectivity index (χ2n) is 4.74. The summed E-state index contributed by atoms with van der Waals surface area (Å²) in [6.07, 6.45) is 2.28. The Morgan fingerprint density at radius 3 is 2.39 bits per heavy atom. The molecule has 100 valence electrons. The van der Waals surface area contributed by atoms with Gasteiger partial charge < -0.3 is 4.90 Å². The van der Waals surface area contributed by atoms with Crippen molar-refractivity contribution in [3.8, 4) is 0 Å². The fourth-order valence-corrected chi connectivity index (χ4v) is 1.85. The van der Waals surface area contributed by atoms with Crippen LogP contribution in [0.4, 0.5) is 5.69 Å². The lowest BCUT2D eigenvalue weighted by atomic mass is 10.2. The van der Waals surface area contributed by atoms with Crippen molar-refractivity contribution in [2.75, 3.05) is 25.5 Å². The van der Waals surface area contributed by atoms with Crippen LogP contribution in [0.25, 0.3) is 0 Å². The molecule has 0 aromatic heterocycles. The number of benzene rings is 1. The van der Waals surface area contributed by atoms with Crippen LogP contribution in [-0.4, -0.2) is 37.5 Å². The van der Waals surface area contributed by atoms with Crippen LogP contribution in [0.1, 0.15) is 26.7 Å². The van der Waals surface area contributed by atoms with Crippen LogP contribution in [0.5, 0.6) is 0 Å². The summed E-state index contributed by atoms with van der Waals surface area (Å²) in [5.74, 6) is 0.139. The average molecular weight is 248 g/mol. The number of carbonyl (C=O) groups is 1. The summed E-state index contributed by atoms with van der Waals surface area (Å²) in [5.41, 5.74) is 0.943. The lowest BCUT2D eigenvalue weighted by Gasteiger charge is -2.28. The summed E-state index contributed by atoms with van der Waals surface area (Å²) in [6, 6.07) is 9.68. The maximum absolute atomic E-state index is 12.3. The molecule has 18 heavy (non-hydrogen) atoms. The number of rotatable bonds is 6. The van der Waals surface area contributed by atoms with Gasteiger partial charge in [-0.3, -0.25) is 9.69 Å². The van der Waals surface area contributed by atoms with Gasteiger partial charge in [0, 0.05) is 12.7 Å². The lowest BCUT2D eigenvalue weighted by molar-refractivity contribution is -0.122. The van der Waals surface area contributed by atoms with E-state index >= 15 is 0 Å². The zero-order valence-corrected chi connectivity index (χ0v) is 11.9. The second kappa shape index (κ2) is 7.17. The molecule has 1 amide bonds. The van der Waals surface area contributed by atoms with E-state index in [4.69, 9.17) is 0 Å². The third-order valence-corrected chi connectivity index (χ3v) is 3.36. The summed E-state index contributed by atoms with van der Waals surface area (Å²) >= 11 is 0. The average Bonchev–Trinajstić information content (AvgIpc) is 2.43. The van der Waals surface area contributed by atoms with Gasteiger partial charge in [0.1, 0.15) is 0 Å². The van der Waals surface area contributed by atoms with E-state index in [1.54, 1.807) is 4.90 Å². The Labute approximate surface area is 110 Å². The molecule has 0 bridgehead atoms. The third kappa shape index (κ3) is 3.84. The zero-order chi connectivity index (χ0) is 13.5. The fourth-order valence-electron chi connectivity index (χ4n) is 1.85. The van der Waals surface area contributed by atoms with Gasteiger partial charge >= 0.3 is 0 Å². The molecular formula is C15H24N2O. The van der Waals surface area contributed by atoms with E-state index in [1.807, 2.05) is 51.4 Å². The van der Waals surface area contributed by atoms with Gasteiger partial charge in [-0.15, -0.1) is 0 Å². The molecule has 1 aromatic carbocycles. The Morgan fingerprint density at radius 1 is 1.22 bits per heavy atom. The van der Waals surface area contributed by atoms with Crippen molar-refractivity contribution in [2.24, 2.45) is 0 Å². The number of para-hydroxylation sites is 1. The first-order valence-corrected chi connectivity index (χ1v) is 6.60. The highest BCUT2D eigenvalue weighted by molar-refractivity contribution is 5.96. The van der Waals surface area contributed by atoms with Crippen LogP contribution in [0.15, 0.2) is 30.3 Å². The summed E-state index contributed by atoms with van der Waals surface area (Å²) in [4.78, 5) is 16.2. The van der Waals surface area contributed by atoms with E-state index in [-0.39, 0.29) is 11.9 Å². The number of nitrogens with zero attached hydrogens (tertiary/aromatic N) is 2. The van der Waals surface area contributed by atoms with Gasteiger partial charge in [0.15, 0.2) is 0 Å². The molecule has 0 radical (unpaired) electrons. The van der Waals surface area contributed by atoms with Gasteiger partial charge in [0.05, 0.1) is 6.04 Å². The zero-order valence-electron chi connectivity index (χ0n) is 11.9. The first-order chi connectivity index (χ1) is 8.57. The first-order valence-electron chi connectivity index (χ1n) is 6.60. The molecule has 0 heterocycles. The van der Waals surface area contributed by atoms with Gasteiger partial charge in [0.2, 0.25) is 5.91 Å². The van der Waals surface area contributed by atoms with Crippen molar-refractivity contribution in [1.82, 2.24) is 4.90 Å². The van der Waals surface area contributed by atoms with Crippen molar-refractivity contribution < 1.29 is 4.79 Å². The molecule has 1 aromatic rings. The monoisotopic (exact) mass is 248 g/mol. The van der Waals surface area contributed by atoms with Crippen molar-refractivity contribution in [1.29, 1.82) is 0 Å². The number of carbonyl (C=O) groups excluding carboxylic acids is 1. The minimum atomic E-state index is -0.0817. The number of likely N-dealkylation sites (N-methyl/N-ethyl adjacent to an activating group) is 2. The number of hydrogen-bond acceptors (Lipinski definition) is 2. The molecular weight excluding hydrogens is 224 g/mol. The first kappa shape index (κ1) is 14.7. The minimum Gasteiger partial charge on any atom is -0.314 e. The number of amides is 1. The van der Waals surface area contributed by atoms with Crippen molar-refractivity contribution in [3.05, 3.63) is 30.3 Å². The summed E-state index contributed by atoms with van der Waals surface area (Å²) in [5, 5.41) is 0. The molecule has 0 aliphatic carbocycles. The van der Waals surface area contributed by atoms with Gasteiger partial charge in [0.25, 0.3) is 0 Å². The van der Waals surface area contributed by atoms with Gasteiger partial charge in [-0.2, -0.15) is 0 Å². The molecule has 1 unspecified atom stereocenters. The molecule has 1 rings (SSSR count). The molecule has 0 saturated carbocycles. The van der Waals surface area contributed by atoms with Crippen LogP contribution in [0.3, 0.4) is 0 Å².